The molecule has 2 aromatic rings. The number of carbonyl (C=O) groups is 1. The second kappa shape index (κ2) is 8.29. The number of rotatable bonds is 7. The Morgan fingerprint density at radius 2 is 1.91 bits per heavy atom. The number of pyridine rings is 1. The minimum absolute atomic E-state index is 0.000387. The van der Waals surface area contributed by atoms with Gasteiger partial charge in [0, 0.05) is 31.5 Å². The average molecular weight is 313 g/mol. The largest absolute Gasteiger partial charge is 0.396 e. The number of carbonyl (C=O) groups excluding carboxylic acids is 1. The molecule has 0 spiro atoms. The van der Waals surface area contributed by atoms with Crippen molar-refractivity contribution in [1.29, 1.82) is 0 Å². The van der Waals surface area contributed by atoms with Gasteiger partial charge in [0.05, 0.1) is 5.54 Å². The Kier molecular flexibility index (Phi) is 6.11. The topological polar surface area (TPSA) is 74.2 Å². The van der Waals surface area contributed by atoms with Gasteiger partial charge in [-0.3, -0.25) is 4.98 Å². The number of hydrogen-bond donors (Lipinski definition) is 3. The summed E-state index contributed by atoms with van der Waals surface area (Å²) in [6.07, 6.45) is 2.87. The molecule has 3 N–H and O–H groups in total. The normalized spacial score (nSPS) is 13.1. The molecule has 0 saturated heterocycles. The van der Waals surface area contributed by atoms with Gasteiger partial charge >= 0.3 is 6.03 Å². The van der Waals surface area contributed by atoms with Gasteiger partial charge in [0.2, 0.25) is 0 Å². The Morgan fingerprint density at radius 1 is 1.17 bits per heavy atom. The molecule has 0 saturated carbocycles. The monoisotopic (exact) mass is 313 g/mol. The maximum absolute atomic E-state index is 12.2. The van der Waals surface area contributed by atoms with Gasteiger partial charge in [-0.2, -0.15) is 0 Å². The van der Waals surface area contributed by atoms with Gasteiger partial charge in [-0.05, 0) is 31.0 Å². The molecule has 1 atom stereocenters. The first-order valence-corrected chi connectivity index (χ1v) is 7.76. The van der Waals surface area contributed by atoms with Gasteiger partial charge in [0.15, 0.2) is 0 Å². The molecular formula is C18H23N3O2. The zero-order valence-corrected chi connectivity index (χ0v) is 13.3. The predicted octanol–water partition coefficient (Wildman–Crippen LogP) is 2.22. The van der Waals surface area contributed by atoms with Crippen molar-refractivity contribution in [2.75, 3.05) is 13.2 Å². The molecule has 0 bridgehead atoms. The fraction of sp³-hybridized carbons (Fsp3) is 0.333. The van der Waals surface area contributed by atoms with Crippen molar-refractivity contribution in [3.63, 3.8) is 0 Å². The number of nitrogens with zero attached hydrogens (tertiary/aromatic N) is 1. The van der Waals surface area contributed by atoms with Crippen LogP contribution in [0.1, 0.15) is 24.6 Å². The van der Waals surface area contributed by atoms with Gasteiger partial charge in [0.1, 0.15) is 0 Å². The summed E-state index contributed by atoms with van der Waals surface area (Å²) in [4.78, 5) is 16.4. The van der Waals surface area contributed by atoms with Crippen molar-refractivity contribution in [2.24, 2.45) is 0 Å². The highest BCUT2D eigenvalue weighted by atomic mass is 16.3. The Morgan fingerprint density at radius 3 is 2.57 bits per heavy atom. The van der Waals surface area contributed by atoms with Crippen molar-refractivity contribution >= 4 is 6.03 Å². The third-order valence-corrected chi connectivity index (χ3v) is 3.80. The first kappa shape index (κ1) is 17.0. The Balaban J connectivity index is 1.91. The lowest BCUT2D eigenvalue weighted by atomic mass is 9.89. The summed E-state index contributed by atoms with van der Waals surface area (Å²) in [5.41, 5.74) is 1.30. The Hall–Kier alpha value is -2.40. The van der Waals surface area contributed by atoms with Crippen LogP contribution in [0.25, 0.3) is 0 Å². The van der Waals surface area contributed by atoms with Crippen molar-refractivity contribution in [3.05, 3.63) is 66.0 Å². The molecule has 1 aromatic carbocycles. The number of nitrogens with one attached hydrogen (secondary N) is 2. The summed E-state index contributed by atoms with van der Waals surface area (Å²) >= 11 is 0. The van der Waals surface area contributed by atoms with Crippen LogP contribution in [0, 0.1) is 0 Å². The van der Waals surface area contributed by atoms with Crippen LogP contribution in [-0.2, 0) is 12.0 Å². The second-order valence-electron chi connectivity index (χ2n) is 5.62. The first-order valence-electron chi connectivity index (χ1n) is 7.76. The second-order valence-corrected chi connectivity index (χ2v) is 5.62. The molecule has 1 heterocycles. The molecule has 2 rings (SSSR count). The van der Waals surface area contributed by atoms with Crippen molar-refractivity contribution < 1.29 is 9.90 Å². The molecule has 0 aliphatic carbocycles. The molecular weight excluding hydrogens is 290 g/mol. The van der Waals surface area contributed by atoms with E-state index >= 15 is 0 Å². The third kappa shape index (κ3) is 5.07. The van der Waals surface area contributed by atoms with E-state index in [2.05, 4.69) is 15.6 Å². The third-order valence-electron chi connectivity index (χ3n) is 3.80. The number of aromatic nitrogens is 1. The minimum atomic E-state index is -0.606. The van der Waals surface area contributed by atoms with Crippen LogP contribution in [0.3, 0.4) is 0 Å². The van der Waals surface area contributed by atoms with Crippen LogP contribution in [0.5, 0.6) is 0 Å². The van der Waals surface area contributed by atoms with Crippen molar-refractivity contribution in [1.82, 2.24) is 15.6 Å². The number of urea groups is 1. The molecule has 0 aliphatic rings. The van der Waals surface area contributed by atoms with Crippen LogP contribution in [0.4, 0.5) is 4.79 Å². The van der Waals surface area contributed by atoms with Gasteiger partial charge in [0.25, 0.3) is 0 Å². The lowest BCUT2D eigenvalue weighted by Gasteiger charge is -2.31. The molecule has 1 aromatic heterocycles. The summed E-state index contributed by atoms with van der Waals surface area (Å²) in [5, 5.41) is 15.1. The summed E-state index contributed by atoms with van der Waals surface area (Å²) in [5.74, 6) is 0. The Bertz CT molecular complexity index is 604. The lowest BCUT2D eigenvalue weighted by molar-refractivity contribution is 0.204. The van der Waals surface area contributed by atoms with Gasteiger partial charge in [-0.25, -0.2) is 4.79 Å². The van der Waals surface area contributed by atoms with Crippen LogP contribution in [0.2, 0.25) is 0 Å². The van der Waals surface area contributed by atoms with E-state index in [-0.39, 0.29) is 12.6 Å². The van der Waals surface area contributed by atoms with Crippen molar-refractivity contribution in [2.45, 2.75) is 25.3 Å². The molecule has 23 heavy (non-hydrogen) atoms. The van der Waals surface area contributed by atoms with E-state index in [1.54, 1.807) is 6.20 Å². The quantitative estimate of drug-likeness (QED) is 0.734. The maximum atomic E-state index is 12.2. The van der Waals surface area contributed by atoms with Crippen LogP contribution >= 0.6 is 0 Å². The van der Waals surface area contributed by atoms with E-state index in [4.69, 9.17) is 0 Å². The molecule has 0 radical (unpaired) electrons. The Labute approximate surface area is 136 Å². The van der Waals surface area contributed by atoms with Crippen molar-refractivity contribution in [3.8, 4) is 0 Å². The van der Waals surface area contributed by atoms with Crippen LogP contribution < -0.4 is 10.6 Å². The average Bonchev–Trinajstić information content (AvgIpc) is 2.57. The summed E-state index contributed by atoms with van der Waals surface area (Å²) in [6, 6.07) is 15.1. The highest BCUT2D eigenvalue weighted by Gasteiger charge is 2.27. The number of aliphatic hydroxyl groups excluding tert-OH is 1. The highest BCUT2D eigenvalue weighted by Crippen LogP contribution is 2.23. The fourth-order valence-electron chi connectivity index (χ4n) is 2.45. The number of aliphatic hydroxyl groups is 1. The zero-order valence-electron chi connectivity index (χ0n) is 13.3. The maximum Gasteiger partial charge on any atom is 0.315 e. The number of benzene rings is 1. The smallest absolute Gasteiger partial charge is 0.315 e. The van der Waals surface area contributed by atoms with E-state index < -0.39 is 5.54 Å². The van der Waals surface area contributed by atoms with E-state index in [1.165, 1.54) is 0 Å². The lowest BCUT2D eigenvalue weighted by Crippen LogP contribution is -2.49. The van der Waals surface area contributed by atoms with E-state index in [0.29, 0.717) is 19.4 Å². The summed E-state index contributed by atoms with van der Waals surface area (Å²) in [6.45, 7) is 2.42. The van der Waals surface area contributed by atoms with Crippen LogP contribution in [-0.4, -0.2) is 29.3 Å². The molecule has 0 aliphatic heterocycles. The predicted molar refractivity (Wildman–Crippen MR) is 90.0 cm³/mol. The highest BCUT2D eigenvalue weighted by molar-refractivity contribution is 5.75. The molecule has 5 nitrogen and oxygen atoms in total. The van der Waals surface area contributed by atoms with E-state index in [0.717, 1.165) is 11.3 Å². The van der Waals surface area contributed by atoms with Gasteiger partial charge in [-0.15, -0.1) is 0 Å². The van der Waals surface area contributed by atoms with E-state index in [9.17, 15) is 9.90 Å². The molecule has 1 unspecified atom stereocenters. The minimum Gasteiger partial charge on any atom is -0.396 e. The molecule has 2 amide bonds. The molecule has 5 heteroatoms. The van der Waals surface area contributed by atoms with Gasteiger partial charge in [-0.1, -0.05) is 36.4 Å². The first-order chi connectivity index (χ1) is 11.1. The molecule has 0 fully saturated rings. The summed E-state index contributed by atoms with van der Waals surface area (Å²) in [7, 11) is 0. The summed E-state index contributed by atoms with van der Waals surface area (Å²) < 4.78 is 0. The number of amides is 2. The zero-order chi connectivity index (χ0) is 16.5. The molecule has 122 valence electrons. The number of hydrogen-bond acceptors (Lipinski definition) is 3. The SMILES string of the molecule is CC(CCO)(NC(=O)NCCc1ccccn1)c1ccccc1. The standard InChI is InChI=1S/C18H23N3O2/c1-18(11-14-22,15-7-3-2-4-8-15)21-17(23)20-13-10-16-9-5-6-12-19-16/h2-9,12,22H,10-11,13-14H2,1H3,(H2,20,21,23). The van der Waals surface area contributed by atoms with Crippen LogP contribution in [0.15, 0.2) is 54.7 Å². The fourth-order valence-corrected chi connectivity index (χ4v) is 2.45. The van der Waals surface area contributed by atoms with Gasteiger partial charge < -0.3 is 15.7 Å². The van der Waals surface area contributed by atoms with E-state index in [1.807, 2.05) is 55.5 Å².